The third-order valence-corrected chi connectivity index (χ3v) is 3.14. The van der Waals surface area contributed by atoms with Crippen molar-refractivity contribution in [2.45, 2.75) is 19.0 Å². The molecule has 1 aromatic carbocycles. The maximum atomic E-state index is 13.3. The van der Waals surface area contributed by atoms with Gasteiger partial charge in [-0.05, 0) is 28.1 Å². The number of hydrogen-bond acceptors (Lipinski definition) is 1. The van der Waals surface area contributed by atoms with Crippen molar-refractivity contribution in [1.82, 2.24) is 0 Å². The fourth-order valence-corrected chi connectivity index (χ4v) is 1.61. The summed E-state index contributed by atoms with van der Waals surface area (Å²) in [7, 11) is 0. The van der Waals surface area contributed by atoms with Gasteiger partial charge in [0.25, 0.3) is 0 Å². The third-order valence-electron chi connectivity index (χ3n) is 1.95. The van der Waals surface area contributed by atoms with Crippen molar-refractivity contribution < 1.29 is 22.4 Å². The number of alkyl halides is 3. The number of carbonyl (C=O) groups excluding carboxylic acids is 1. The summed E-state index contributed by atoms with van der Waals surface area (Å²) < 4.78 is 49.2. The van der Waals surface area contributed by atoms with Crippen molar-refractivity contribution in [1.29, 1.82) is 0 Å². The molecular weight excluding hydrogens is 327 g/mol. The summed E-state index contributed by atoms with van der Waals surface area (Å²) in [5, 5.41) is 0.0711. The zero-order valence-electron chi connectivity index (χ0n) is 8.24. The fraction of sp³-hybridized carbons (Fsp3) is 0.300. The lowest BCUT2D eigenvalue weighted by molar-refractivity contribution is -0.133. The lowest BCUT2D eigenvalue weighted by atomic mass is 10.1. The number of halogens is 6. The van der Waals surface area contributed by atoms with Crippen LogP contribution < -0.4 is 0 Å². The minimum atomic E-state index is -4.44. The molecular formula is C10H6BrClF4O. The number of hydrogen-bond donors (Lipinski definition) is 0. The smallest absolute Gasteiger partial charge is 0.294 e. The normalized spacial score (nSPS) is 11.6. The average molecular weight is 334 g/mol. The molecule has 0 heterocycles. The summed E-state index contributed by atoms with van der Waals surface area (Å²) in [5.74, 6) is -1.82. The largest absolute Gasteiger partial charge is 0.389 e. The Morgan fingerprint density at radius 3 is 2.47 bits per heavy atom. The van der Waals surface area contributed by atoms with Crippen molar-refractivity contribution >= 4 is 33.3 Å². The van der Waals surface area contributed by atoms with Gasteiger partial charge in [0.1, 0.15) is 5.82 Å². The first kappa shape index (κ1) is 14.4. The third kappa shape index (κ3) is 4.27. The molecule has 0 amide bonds. The van der Waals surface area contributed by atoms with Crippen LogP contribution in [0.5, 0.6) is 0 Å². The van der Waals surface area contributed by atoms with Crippen LogP contribution in [0.4, 0.5) is 17.6 Å². The molecule has 94 valence electrons. The van der Waals surface area contributed by atoms with Crippen LogP contribution >= 0.6 is 27.5 Å². The van der Waals surface area contributed by atoms with Gasteiger partial charge in [-0.3, -0.25) is 4.79 Å². The van der Waals surface area contributed by atoms with Crippen LogP contribution in [0.2, 0.25) is 5.02 Å². The Kier molecular flexibility index (Phi) is 4.55. The van der Waals surface area contributed by atoms with Gasteiger partial charge < -0.3 is 0 Å². The van der Waals surface area contributed by atoms with E-state index in [9.17, 15) is 22.4 Å². The monoisotopic (exact) mass is 332 g/mol. The van der Waals surface area contributed by atoms with E-state index in [0.717, 1.165) is 12.1 Å². The zero-order chi connectivity index (χ0) is 13.2. The number of carbonyl (C=O) groups is 1. The summed E-state index contributed by atoms with van der Waals surface area (Å²) in [6, 6.07) is 1.96. The molecule has 0 aliphatic heterocycles. The van der Waals surface area contributed by atoms with Crippen molar-refractivity contribution in [2.24, 2.45) is 0 Å². The van der Waals surface area contributed by atoms with E-state index in [1.807, 2.05) is 0 Å². The van der Waals surface area contributed by atoms with Crippen LogP contribution in [0.15, 0.2) is 16.6 Å². The van der Waals surface area contributed by atoms with Crippen molar-refractivity contribution in [3.05, 3.63) is 33.0 Å². The fourth-order valence-electron chi connectivity index (χ4n) is 1.13. The SMILES string of the molecule is O=C(CCC(F)(F)F)c1cc(Cl)c(Br)cc1F. The molecule has 0 saturated carbocycles. The highest BCUT2D eigenvalue weighted by Gasteiger charge is 2.28. The Labute approximate surface area is 108 Å². The molecule has 0 radical (unpaired) electrons. The highest BCUT2D eigenvalue weighted by Crippen LogP contribution is 2.28. The van der Waals surface area contributed by atoms with E-state index in [2.05, 4.69) is 15.9 Å². The summed E-state index contributed by atoms with van der Waals surface area (Å²) >= 11 is 8.57. The molecule has 0 fully saturated rings. The van der Waals surface area contributed by atoms with Gasteiger partial charge in [0.2, 0.25) is 0 Å². The predicted molar refractivity (Wildman–Crippen MR) is 58.7 cm³/mol. The topological polar surface area (TPSA) is 17.1 Å². The van der Waals surface area contributed by atoms with Gasteiger partial charge in [-0.15, -0.1) is 0 Å². The Bertz CT molecular complexity index is 445. The molecule has 1 aromatic rings. The average Bonchev–Trinajstić information content (AvgIpc) is 2.19. The van der Waals surface area contributed by atoms with E-state index < -0.39 is 36.2 Å². The van der Waals surface area contributed by atoms with Gasteiger partial charge in [-0.1, -0.05) is 11.6 Å². The first-order valence-corrected chi connectivity index (χ1v) is 5.62. The predicted octanol–water partition coefficient (Wildman–Crippen LogP) is 4.77. The summed E-state index contributed by atoms with van der Waals surface area (Å²) in [6.45, 7) is 0. The second-order valence-corrected chi connectivity index (χ2v) is 4.55. The van der Waals surface area contributed by atoms with Crippen molar-refractivity contribution in [2.75, 3.05) is 0 Å². The van der Waals surface area contributed by atoms with Crippen LogP contribution in [-0.2, 0) is 0 Å². The zero-order valence-corrected chi connectivity index (χ0v) is 10.6. The van der Waals surface area contributed by atoms with Crippen molar-refractivity contribution in [3.63, 3.8) is 0 Å². The molecule has 17 heavy (non-hydrogen) atoms. The maximum absolute atomic E-state index is 13.3. The molecule has 0 aliphatic rings. The minimum Gasteiger partial charge on any atom is -0.294 e. The van der Waals surface area contributed by atoms with Gasteiger partial charge in [-0.25, -0.2) is 4.39 Å². The van der Waals surface area contributed by atoms with E-state index in [-0.39, 0.29) is 9.50 Å². The lowest BCUT2D eigenvalue weighted by Crippen LogP contribution is -2.12. The molecule has 7 heteroatoms. The van der Waals surface area contributed by atoms with Crippen LogP contribution in [-0.4, -0.2) is 12.0 Å². The van der Waals surface area contributed by atoms with Crippen LogP contribution in [0.3, 0.4) is 0 Å². The number of benzene rings is 1. The molecule has 0 bridgehead atoms. The molecule has 0 spiro atoms. The van der Waals surface area contributed by atoms with Crippen LogP contribution in [0.25, 0.3) is 0 Å². The molecule has 0 atom stereocenters. The Hall–Kier alpha value is -0.620. The highest BCUT2D eigenvalue weighted by molar-refractivity contribution is 9.10. The van der Waals surface area contributed by atoms with Crippen molar-refractivity contribution in [3.8, 4) is 0 Å². The minimum absolute atomic E-state index is 0.0711. The first-order chi connectivity index (χ1) is 7.70. The van der Waals surface area contributed by atoms with E-state index in [0.29, 0.717) is 0 Å². The Balaban J connectivity index is 2.86. The lowest BCUT2D eigenvalue weighted by Gasteiger charge is -2.07. The van der Waals surface area contributed by atoms with Gasteiger partial charge in [0.05, 0.1) is 17.0 Å². The first-order valence-electron chi connectivity index (χ1n) is 4.45. The maximum Gasteiger partial charge on any atom is 0.389 e. The number of Topliss-reactive ketones (excluding diaryl/α,β-unsaturated/α-hetero) is 1. The standard InChI is InChI=1S/C10H6BrClF4O/c11-6-4-8(13)5(3-7(6)12)9(17)1-2-10(14,15)16/h3-4H,1-2H2. The van der Waals surface area contributed by atoms with Gasteiger partial charge in [-0.2, -0.15) is 13.2 Å². The van der Waals surface area contributed by atoms with Crippen LogP contribution in [0.1, 0.15) is 23.2 Å². The summed E-state index contributed by atoms with van der Waals surface area (Å²) in [4.78, 5) is 11.4. The quantitative estimate of drug-likeness (QED) is 0.442. The second kappa shape index (κ2) is 5.35. The number of ketones is 1. The van der Waals surface area contributed by atoms with Gasteiger partial charge in [0.15, 0.2) is 5.78 Å². The Morgan fingerprint density at radius 2 is 1.94 bits per heavy atom. The Morgan fingerprint density at radius 1 is 1.35 bits per heavy atom. The highest BCUT2D eigenvalue weighted by atomic mass is 79.9. The van der Waals surface area contributed by atoms with Gasteiger partial charge >= 0.3 is 6.18 Å². The van der Waals surface area contributed by atoms with E-state index in [1.54, 1.807) is 0 Å². The molecule has 0 saturated heterocycles. The van der Waals surface area contributed by atoms with E-state index in [4.69, 9.17) is 11.6 Å². The second-order valence-electron chi connectivity index (χ2n) is 3.28. The molecule has 0 aromatic heterocycles. The summed E-state index contributed by atoms with van der Waals surface area (Å²) in [5.41, 5.74) is -0.428. The molecule has 0 unspecified atom stereocenters. The number of rotatable bonds is 3. The van der Waals surface area contributed by atoms with Gasteiger partial charge in [0, 0.05) is 10.9 Å². The molecule has 0 aliphatic carbocycles. The van der Waals surface area contributed by atoms with E-state index >= 15 is 0 Å². The van der Waals surface area contributed by atoms with Crippen LogP contribution in [0, 0.1) is 5.82 Å². The summed E-state index contributed by atoms with van der Waals surface area (Å²) in [6.07, 6.45) is -6.51. The molecule has 1 rings (SSSR count). The molecule has 1 nitrogen and oxygen atoms in total. The molecule has 0 N–H and O–H groups in total. The van der Waals surface area contributed by atoms with E-state index in [1.165, 1.54) is 0 Å².